The topological polar surface area (TPSA) is 78.9 Å². The van der Waals surface area contributed by atoms with E-state index in [4.69, 9.17) is 14.2 Å². The normalized spacial score (nSPS) is 11.9. The molecule has 0 aromatic carbocycles. The van der Waals surface area contributed by atoms with Gasteiger partial charge in [-0.3, -0.25) is 14.4 Å². The van der Waals surface area contributed by atoms with E-state index in [-0.39, 0.29) is 31.1 Å². The van der Waals surface area contributed by atoms with Crippen LogP contribution in [0.4, 0.5) is 0 Å². The Morgan fingerprint density at radius 2 is 0.355 bits per heavy atom. The lowest BCUT2D eigenvalue weighted by atomic mass is 10.0. The highest BCUT2D eigenvalue weighted by molar-refractivity contribution is 5.71. The van der Waals surface area contributed by atoms with Gasteiger partial charge in [0, 0.05) is 19.3 Å². The predicted octanol–water partition coefficient (Wildman–Crippen LogP) is 23.8. The van der Waals surface area contributed by atoms with E-state index in [0.29, 0.717) is 19.3 Å². The zero-order chi connectivity index (χ0) is 55.0. The van der Waals surface area contributed by atoms with Gasteiger partial charge < -0.3 is 14.2 Å². The number of ether oxygens (including phenoxy) is 3. The van der Waals surface area contributed by atoms with Crippen molar-refractivity contribution in [1.29, 1.82) is 0 Å². The largest absolute Gasteiger partial charge is 0.462 e. The molecule has 0 N–H and O–H groups in total. The van der Waals surface area contributed by atoms with Crippen molar-refractivity contribution in [3.63, 3.8) is 0 Å². The van der Waals surface area contributed by atoms with Crippen LogP contribution < -0.4 is 0 Å². The van der Waals surface area contributed by atoms with Crippen molar-refractivity contribution >= 4 is 17.9 Å². The van der Waals surface area contributed by atoms with Crippen LogP contribution >= 0.6 is 0 Å². The van der Waals surface area contributed by atoms with Crippen LogP contribution in [0.5, 0.6) is 0 Å². The maximum atomic E-state index is 12.9. The molecule has 0 amide bonds. The molecule has 0 aromatic rings. The zero-order valence-electron chi connectivity index (χ0n) is 52.1. The molecule has 1 unspecified atom stereocenters. The van der Waals surface area contributed by atoms with Crippen LogP contribution in [0.3, 0.4) is 0 Å². The van der Waals surface area contributed by atoms with Crippen LogP contribution in [0.2, 0.25) is 0 Å². The second-order valence-electron chi connectivity index (χ2n) is 24.2. The Kier molecular flexibility index (Phi) is 64.5. The number of hydrogen-bond acceptors (Lipinski definition) is 6. The van der Waals surface area contributed by atoms with Gasteiger partial charge in [-0.05, 0) is 19.3 Å². The fourth-order valence-electron chi connectivity index (χ4n) is 11.1. The van der Waals surface area contributed by atoms with E-state index in [1.165, 1.54) is 315 Å². The van der Waals surface area contributed by atoms with Gasteiger partial charge in [0.1, 0.15) is 13.2 Å². The number of carbonyl (C=O) groups is 3. The second-order valence-corrected chi connectivity index (χ2v) is 24.2. The van der Waals surface area contributed by atoms with E-state index < -0.39 is 6.10 Å². The summed E-state index contributed by atoms with van der Waals surface area (Å²) in [6.45, 7) is 6.74. The molecule has 0 radical (unpaired) electrons. The first-order valence-corrected chi connectivity index (χ1v) is 35.0. The van der Waals surface area contributed by atoms with Gasteiger partial charge in [0.15, 0.2) is 6.10 Å². The molecule has 6 nitrogen and oxygen atoms in total. The molecule has 0 aliphatic heterocycles. The summed E-state index contributed by atoms with van der Waals surface area (Å²) in [6, 6.07) is 0. The molecule has 0 saturated carbocycles. The minimum absolute atomic E-state index is 0.0601. The van der Waals surface area contributed by atoms with Gasteiger partial charge in [-0.2, -0.15) is 0 Å². The van der Waals surface area contributed by atoms with Gasteiger partial charge in [0.2, 0.25) is 0 Å². The molecule has 0 fully saturated rings. The molecule has 0 saturated heterocycles. The third-order valence-corrected chi connectivity index (χ3v) is 16.4. The Morgan fingerprint density at radius 1 is 0.211 bits per heavy atom. The Morgan fingerprint density at radius 3 is 0.526 bits per heavy atom. The van der Waals surface area contributed by atoms with Gasteiger partial charge in [-0.25, -0.2) is 0 Å². The van der Waals surface area contributed by atoms with E-state index in [1.807, 2.05) is 0 Å². The maximum absolute atomic E-state index is 12.9. The summed E-state index contributed by atoms with van der Waals surface area (Å²) in [5.41, 5.74) is 0. The fraction of sp³-hybridized carbons (Fsp3) is 0.957. The first kappa shape index (κ1) is 74.4. The molecule has 1 atom stereocenters. The highest BCUT2D eigenvalue weighted by Gasteiger charge is 2.19. The standard InChI is InChI=1S/C70H136O6/c1-4-7-10-13-16-19-22-25-28-30-32-33-34-35-36-37-38-40-42-45-48-51-54-57-60-63-69(72)75-66-67(65-74-68(71)62-59-56-53-50-47-44-41-27-24-21-18-15-12-9-6-3)76-70(73)64-61-58-55-52-49-46-43-39-31-29-26-23-20-17-14-11-8-5-2/h67H,4-66H2,1-3H3. The number of hydrogen-bond donors (Lipinski definition) is 0. The van der Waals surface area contributed by atoms with E-state index in [9.17, 15) is 14.4 Å². The van der Waals surface area contributed by atoms with Crippen LogP contribution in [-0.4, -0.2) is 37.2 Å². The lowest BCUT2D eigenvalue weighted by molar-refractivity contribution is -0.167. The molecular weight excluding hydrogens is 937 g/mol. The summed E-state index contributed by atoms with van der Waals surface area (Å²) >= 11 is 0. The number of rotatable bonds is 66. The van der Waals surface area contributed by atoms with Gasteiger partial charge in [0.25, 0.3) is 0 Å². The average molecular weight is 1070 g/mol. The third kappa shape index (κ3) is 63.2. The van der Waals surface area contributed by atoms with Crippen LogP contribution in [-0.2, 0) is 28.6 Å². The first-order chi connectivity index (χ1) is 37.5. The van der Waals surface area contributed by atoms with Crippen LogP contribution in [0.1, 0.15) is 412 Å². The summed E-state index contributed by atoms with van der Waals surface area (Å²) in [4.78, 5) is 38.4. The molecule has 0 rings (SSSR count). The summed E-state index contributed by atoms with van der Waals surface area (Å²) in [5, 5.41) is 0. The molecule has 6 heteroatoms. The van der Waals surface area contributed by atoms with Crippen molar-refractivity contribution < 1.29 is 28.6 Å². The maximum Gasteiger partial charge on any atom is 0.306 e. The van der Waals surface area contributed by atoms with Gasteiger partial charge in [0.05, 0.1) is 0 Å². The summed E-state index contributed by atoms with van der Waals surface area (Å²) < 4.78 is 17.0. The molecule has 0 aliphatic carbocycles. The molecule has 452 valence electrons. The van der Waals surface area contributed by atoms with Gasteiger partial charge in [-0.15, -0.1) is 0 Å². The molecule has 0 aromatic heterocycles. The van der Waals surface area contributed by atoms with Crippen molar-refractivity contribution in [2.24, 2.45) is 0 Å². The lowest BCUT2D eigenvalue weighted by Crippen LogP contribution is -2.30. The number of unbranched alkanes of at least 4 members (excludes halogenated alkanes) is 55. The lowest BCUT2D eigenvalue weighted by Gasteiger charge is -2.18. The molecule has 0 spiro atoms. The quantitative estimate of drug-likeness (QED) is 0.0343. The zero-order valence-corrected chi connectivity index (χ0v) is 52.1. The highest BCUT2D eigenvalue weighted by atomic mass is 16.6. The minimum Gasteiger partial charge on any atom is -0.462 e. The number of esters is 3. The SMILES string of the molecule is CCCCCCCCCCCCCCCCCCCCCCCCCCCC(=O)OCC(COC(=O)CCCCCCCCCCCCCCCCC)OC(=O)CCCCCCCCCCCCCCCCCCCC. The summed E-state index contributed by atoms with van der Waals surface area (Å²) in [6.07, 6.45) is 77.0. The van der Waals surface area contributed by atoms with E-state index in [2.05, 4.69) is 20.8 Å². The average Bonchev–Trinajstić information content (AvgIpc) is 3.42. The first-order valence-electron chi connectivity index (χ1n) is 35.0. The molecule has 0 aliphatic rings. The van der Waals surface area contributed by atoms with Gasteiger partial charge in [-0.1, -0.05) is 374 Å². The van der Waals surface area contributed by atoms with E-state index >= 15 is 0 Å². The molecule has 76 heavy (non-hydrogen) atoms. The predicted molar refractivity (Wildman–Crippen MR) is 330 cm³/mol. The van der Waals surface area contributed by atoms with E-state index in [0.717, 1.165) is 57.8 Å². The molecular formula is C70H136O6. The third-order valence-electron chi connectivity index (χ3n) is 16.4. The Labute approximate surface area is 476 Å². The summed E-state index contributed by atoms with van der Waals surface area (Å²) in [7, 11) is 0. The molecule has 0 bridgehead atoms. The smallest absolute Gasteiger partial charge is 0.306 e. The van der Waals surface area contributed by atoms with Crippen molar-refractivity contribution in [1.82, 2.24) is 0 Å². The van der Waals surface area contributed by atoms with Crippen molar-refractivity contribution in [2.75, 3.05) is 13.2 Å². The van der Waals surface area contributed by atoms with Crippen LogP contribution in [0.15, 0.2) is 0 Å². The van der Waals surface area contributed by atoms with Crippen molar-refractivity contribution in [2.45, 2.75) is 419 Å². The number of carbonyl (C=O) groups excluding carboxylic acids is 3. The monoisotopic (exact) mass is 1070 g/mol. The highest BCUT2D eigenvalue weighted by Crippen LogP contribution is 2.19. The Bertz CT molecular complexity index is 1140. The molecule has 0 heterocycles. The van der Waals surface area contributed by atoms with Gasteiger partial charge >= 0.3 is 17.9 Å². The summed E-state index contributed by atoms with van der Waals surface area (Å²) in [5.74, 6) is -0.819. The van der Waals surface area contributed by atoms with Crippen molar-refractivity contribution in [3.8, 4) is 0 Å². The fourth-order valence-corrected chi connectivity index (χ4v) is 11.1. The second kappa shape index (κ2) is 65.9. The van der Waals surface area contributed by atoms with E-state index in [1.54, 1.807) is 0 Å². The van der Waals surface area contributed by atoms with Crippen molar-refractivity contribution in [3.05, 3.63) is 0 Å². The van der Waals surface area contributed by atoms with Crippen LogP contribution in [0.25, 0.3) is 0 Å². The minimum atomic E-state index is -0.763. The Hall–Kier alpha value is -1.59. The Balaban J connectivity index is 4.21. The van der Waals surface area contributed by atoms with Crippen LogP contribution in [0, 0.1) is 0 Å².